The van der Waals surface area contributed by atoms with E-state index in [1.165, 1.54) is 16.7 Å². The van der Waals surface area contributed by atoms with Gasteiger partial charge in [0.1, 0.15) is 28.5 Å². The number of ether oxygens (including phenoxy) is 1. The van der Waals surface area contributed by atoms with E-state index >= 15 is 0 Å². The van der Waals surface area contributed by atoms with Gasteiger partial charge in [-0.2, -0.15) is 0 Å². The zero-order valence-corrected chi connectivity index (χ0v) is 27.3. The quantitative estimate of drug-likeness (QED) is 0.280. The third kappa shape index (κ3) is 7.43. The summed E-state index contributed by atoms with van der Waals surface area (Å²) >= 11 is 8.03. The molecule has 0 spiro atoms. The Labute approximate surface area is 272 Å². The summed E-state index contributed by atoms with van der Waals surface area (Å²) in [6, 6.07) is 4.92. The molecule has 4 N–H and O–H groups in total. The molecule has 4 amide bonds. The number of hydrogen-bond donors (Lipinski definition) is 4. The van der Waals surface area contributed by atoms with Crippen LogP contribution < -0.4 is 16.0 Å². The molecule has 5 rings (SSSR count). The van der Waals surface area contributed by atoms with Crippen molar-refractivity contribution in [2.75, 3.05) is 6.54 Å². The van der Waals surface area contributed by atoms with E-state index in [-0.39, 0.29) is 31.2 Å². The molecule has 11 nitrogen and oxygen atoms in total. The van der Waals surface area contributed by atoms with Gasteiger partial charge in [-0.25, -0.2) is 9.59 Å². The highest BCUT2D eigenvalue weighted by molar-refractivity contribution is 8.01. The second kappa shape index (κ2) is 13.2. The number of nitrogens with one attached hydrogen (secondary N) is 3. The molecule has 1 saturated heterocycles. The highest BCUT2D eigenvalue weighted by Gasteiger charge is 2.61. The number of carboxylic acids is 1. The van der Waals surface area contributed by atoms with E-state index in [9.17, 15) is 29.1 Å². The number of carboxylic acid groups (broad SMARTS) is 1. The van der Waals surface area contributed by atoms with E-state index in [2.05, 4.69) is 16.0 Å². The summed E-state index contributed by atoms with van der Waals surface area (Å²) in [5.41, 5.74) is -1.36. The van der Waals surface area contributed by atoms with Gasteiger partial charge in [0.2, 0.25) is 17.7 Å². The molecule has 13 heteroatoms. The first-order valence-corrected chi connectivity index (χ1v) is 16.8. The predicted octanol–water partition coefficient (Wildman–Crippen LogP) is 3.90. The Balaban J connectivity index is 1.38. The number of fused-ring (bicyclic) bond motifs is 3. The maximum absolute atomic E-state index is 14.1. The highest BCUT2D eigenvalue weighted by Crippen LogP contribution is 2.48. The van der Waals surface area contributed by atoms with E-state index in [1.807, 2.05) is 36.4 Å². The average Bonchev–Trinajstić information content (AvgIpc) is 3.32. The van der Waals surface area contributed by atoms with E-state index < -0.39 is 63.8 Å². The molecular weight excluding hydrogens is 620 g/mol. The van der Waals surface area contributed by atoms with Gasteiger partial charge in [0.25, 0.3) is 0 Å². The number of amides is 4. The van der Waals surface area contributed by atoms with Crippen molar-refractivity contribution in [2.24, 2.45) is 5.92 Å². The number of alkyl carbamates (subject to hydrolysis) is 1. The molecule has 7 atom stereocenters. The SMILES string of the molecule is CC(C)(C)OC(=O)N[C@H]1CCCCC/C=C\[C@@H]2C[C@@]2(C(=O)O)NC(=O)[C@@H]2C[C@@H](NC(=O)C3Sc4ccccc4C3Cl)CN2C1=O. The Bertz CT molecular complexity index is 1380. The zero-order chi connectivity index (χ0) is 32.5. The Morgan fingerprint density at radius 1 is 1.13 bits per heavy atom. The number of nitrogens with zero attached hydrogens (tertiary/aromatic N) is 1. The molecule has 1 aromatic carbocycles. The number of carbonyl (C=O) groups is 5. The largest absolute Gasteiger partial charge is 0.479 e. The minimum Gasteiger partial charge on any atom is -0.479 e. The average molecular weight is 661 g/mol. The number of rotatable bonds is 4. The lowest BCUT2D eigenvalue weighted by Gasteiger charge is -2.30. The first kappa shape index (κ1) is 33.1. The van der Waals surface area contributed by atoms with Gasteiger partial charge in [-0.1, -0.05) is 43.2 Å². The molecule has 3 aliphatic heterocycles. The summed E-state index contributed by atoms with van der Waals surface area (Å²) in [6.45, 7) is 5.18. The van der Waals surface area contributed by atoms with Gasteiger partial charge in [-0.3, -0.25) is 14.4 Å². The fourth-order valence-corrected chi connectivity index (χ4v) is 8.03. The molecule has 0 bridgehead atoms. The van der Waals surface area contributed by atoms with Gasteiger partial charge in [0, 0.05) is 23.4 Å². The number of halogens is 1. The summed E-state index contributed by atoms with van der Waals surface area (Å²) < 4.78 is 5.43. The van der Waals surface area contributed by atoms with Crippen molar-refractivity contribution in [1.29, 1.82) is 0 Å². The maximum atomic E-state index is 14.1. The van der Waals surface area contributed by atoms with Crippen molar-refractivity contribution in [3.63, 3.8) is 0 Å². The topological polar surface area (TPSA) is 154 Å². The van der Waals surface area contributed by atoms with Gasteiger partial charge in [0.05, 0.1) is 5.38 Å². The number of alkyl halides is 1. The molecule has 0 radical (unpaired) electrons. The monoisotopic (exact) mass is 660 g/mol. The van der Waals surface area contributed by atoms with Crippen LogP contribution in [0.25, 0.3) is 0 Å². The van der Waals surface area contributed by atoms with E-state index in [0.717, 1.165) is 29.7 Å². The Hall–Kier alpha value is -3.25. The van der Waals surface area contributed by atoms with Crippen LogP contribution in [0.2, 0.25) is 0 Å². The molecule has 1 aromatic rings. The van der Waals surface area contributed by atoms with Crippen LogP contribution in [-0.4, -0.2) is 80.9 Å². The minimum atomic E-state index is -1.45. The van der Waals surface area contributed by atoms with Gasteiger partial charge >= 0.3 is 12.1 Å². The number of benzene rings is 1. The first-order valence-electron chi connectivity index (χ1n) is 15.5. The maximum Gasteiger partial charge on any atom is 0.408 e. The lowest BCUT2D eigenvalue weighted by atomic mass is 10.0. The van der Waals surface area contributed by atoms with Crippen LogP contribution >= 0.6 is 23.4 Å². The zero-order valence-electron chi connectivity index (χ0n) is 25.7. The van der Waals surface area contributed by atoms with Crippen molar-refractivity contribution in [1.82, 2.24) is 20.9 Å². The summed E-state index contributed by atoms with van der Waals surface area (Å²) in [7, 11) is 0. The van der Waals surface area contributed by atoms with E-state index in [4.69, 9.17) is 16.3 Å². The molecule has 2 fully saturated rings. The van der Waals surface area contributed by atoms with Gasteiger partial charge < -0.3 is 30.7 Å². The standard InChI is InChI=1S/C32H41ClN4O7S/c1-31(2,3)44-30(43)35-21-13-8-6-4-5-7-11-18-16-32(18,29(41)42)36-26(38)22-15-19(17-37(22)28(21)40)34-27(39)25-24(33)20-12-9-10-14-23(20)45-25/h7,9-12,14,18-19,21-22,24-25H,4-6,8,13,15-17H2,1-3H3,(H,34,39)(H,35,43)(H,36,38)(H,41,42)/b11-7-/t18-,19-,21+,22+,24?,25?,32-/m1/s1. The van der Waals surface area contributed by atoms with Crippen molar-refractivity contribution < 1.29 is 33.8 Å². The van der Waals surface area contributed by atoms with E-state index in [0.29, 0.717) is 12.8 Å². The molecule has 0 aromatic heterocycles. The Morgan fingerprint density at radius 3 is 2.60 bits per heavy atom. The van der Waals surface area contributed by atoms with Crippen molar-refractivity contribution in [3.8, 4) is 0 Å². The second-order valence-corrected chi connectivity index (χ2v) is 14.9. The third-order valence-corrected chi connectivity index (χ3v) is 10.7. The Morgan fingerprint density at radius 2 is 1.89 bits per heavy atom. The number of hydrogen-bond acceptors (Lipinski definition) is 7. The molecule has 2 unspecified atom stereocenters. The Kier molecular flexibility index (Phi) is 9.74. The van der Waals surface area contributed by atoms with Gasteiger partial charge in [-0.05, 0) is 64.5 Å². The van der Waals surface area contributed by atoms with Gasteiger partial charge in [-0.15, -0.1) is 23.4 Å². The predicted molar refractivity (Wildman–Crippen MR) is 169 cm³/mol. The fourth-order valence-electron chi connectivity index (χ4n) is 6.30. The van der Waals surface area contributed by atoms with Crippen LogP contribution in [0.3, 0.4) is 0 Å². The molecule has 1 saturated carbocycles. The molecule has 3 heterocycles. The van der Waals surface area contributed by atoms with E-state index in [1.54, 1.807) is 20.8 Å². The van der Waals surface area contributed by atoms with Crippen molar-refractivity contribution in [2.45, 2.75) is 111 Å². The van der Waals surface area contributed by atoms with Crippen LogP contribution in [-0.2, 0) is 23.9 Å². The van der Waals surface area contributed by atoms with Crippen LogP contribution in [0.4, 0.5) is 4.79 Å². The summed E-state index contributed by atoms with van der Waals surface area (Å²) in [5, 5.41) is 17.4. The van der Waals surface area contributed by atoms with Crippen molar-refractivity contribution >= 4 is 53.1 Å². The summed E-state index contributed by atoms with van der Waals surface area (Å²) in [5.74, 6) is -2.89. The number of carbonyl (C=O) groups excluding carboxylic acids is 4. The number of aliphatic carboxylic acids is 1. The lowest BCUT2D eigenvalue weighted by molar-refractivity contribution is -0.145. The minimum absolute atomic E-state index is 0.00977. The lowest BCUT2D eigenvalue weighted by Crippen LogP contribution is -2.56. The van der Waals surface area contributed by atoms with Crippen LogP contribution in [0.15, 0.2) is 41.3 Å². The van der Waals surface area contributed by atoms with Crippen molar-refractivity contribution in [3.05, 3.63) is 42.0 Å². The van der Waals surface area contributed by atoms with Crippen LogP contribution in [0, 0.1) is 5.92 Å². The summed E-state index contributed by atoms with van der Waals surface area (Å²) in [4.78, 5) is 68.7. The number of thioether (sulfide) groups is 1. The first-order chi connectivity index (χ1) is 21.3. The molecule has 244 valence electrons. The third-order valence-electron chi connectivity index (χ3n) is 8.69. The highest BCUT2D eigenvalue weighted by atomic mass is 35.5. The molecule has 1 aliphatic carbocycles. The van der Waals surface area contributed by atoms with Crippen LogP contribution in [0.1, 0.15) is 76.7 Å². The summed E-state index contributed by atoms with van der Waals surface area (Å²) in [6.07, 6.45) is 6.71. The number of allylic oxidation sites excluding steroid dienone is 1. The normalized spacial score (nSPS) is 32.5. The smallest absolute Gasteiger partial charge is 0.408 e. The fraction of sp³-hybridized carbons (Fsp3) is 0.594. The molecule has 45 heavy (non-hydrogen) atoms. The second-order valence-electron chi connectivity index (χ2n) is 13.3. The van der Waals surface area contributed by atoms with Gasteiger partial charge in [0.15, 0.2) is 0 Å². The molecule has 4 aliphatic rings. The van der Waals surface area contributed by atoms with Crippen LogP contribution in [0.5, 0.6) is 0 Å². The molecular formula is C32H41ClN4O7S.